The maximum absolute atomic E-state index is 13.4. The van der Waals surface area contributed by atoms with Crippen LogP contribution in [0.5, 0.6) is 0 Å². The summed E-state index contributed by atoms with van der Waals surface area (Å²) >= 11 is 0. The zero-order valence-electron chi connectivity index (χ0n) is 17.1. The predicted octanol–water partition coefficient (Wildman–Crippen LogP) is 5.47. The molecule has 1 aliphatic rings. The van der Waals surface area contributed by atoms with E-state index in [1.165, 1.54) is 12.1 Å². The first-order chi connectivity index (χ1) is 15.4. The standard InChI is InChI=1S/C24H21F3N4O/c25-24(26,27)21-12-19(7-6-18(21)14-28)30-22-13-20(31-11-10-29-16-31)8-9-23(22)32-15-17-4-2-1-3-5-17/h1-7,10-13,16,22-23,30H,8-9,15H2. The van der Waals surface area contributed by atoms with Crippen LogP contribution in [0.25, 0.3) is 5.70 Å². The van der Waals surface area contributed by atoms with Gasteiger partial charge in [-0.1, -0.05) is 30.3 Å². The van der Waals surface area contributed by atoms with E-state index in [1.807, 2.05) is 47.2 Å². The third-order valence-electron chi connectivity index (χ3n) is 5.38. The molecule has 0 spiro atoms. The van der Waals surface area contributed by atoms with Crippen LogP contribution < -0.4 is 5.32 Å². The van der Waals surface area contributed by atoms with Crippen LogP contribution in [-0.2, 0) is 17.5 Å². The minimum absolute atomic E-state index is 0.243. The van der Waals surface area contributed by atoms with E-state index in [-0.39, 0.29) is 17.8 Å². The average molecular weight is 438 g/mol. The second kappa shape index (κ2) is 9.28. The van der Waals surface area contributed by atoms with Gasteiger partial charge in [-0.15, -0.1) is 0 Å². The number of allylic oxidation sites excluding steroid dienone is 1. The highest BCUT2D eigenvalue weighted by Gasteiger charge is 2.34. The number of rotatable bonds is 6. The Labute approximate surface area is 183 Å². The van der Waals surface area contributed by atoms with Crippen molar-refractivity contribution in [2.24, 2.45) is 0 Å². The summed E-state index contributed by atoms with van der Waals surface area (Å²) in [6.07, 6.45) is 3.74. The van der Waals surface area contributed by atoms with Gasteiger partial charge in [0.15, 0.2) is 0 Å². The molecule has 1 N–H and O–H groups in total. The number of benzene rings is 2. The Morgan fingerprint density at radius 3 is 2.69 bits per heavy atom. The van der Waals surface area contributed by atoms with Crippen molar-refractivity contribution in [3.8, 4) is 6.07 Å². The molecule has 0 radical (unpaired) electrons. The summed E-state index contributed by atoms with van der Waals surface area (Å²) in [5, 5.41) is 12.2. The molecule has 1 heterocycles. The molecule has 0 saturated heterocycles. The Morgan fingerprint density at radius 1 is 1.19 bits per heavy atom. The number of imidazole rings is 1. The van der Waals surface area contributed by atoms with Crippen LogP contribution in [0, 0.1) is 11.3 Å². The smallest absolute Gasteiger partial charge is 0.376 e. The van der Waals surface area contributed by atoms with E-state index in [4.69, 9.17) is 10.00 Å². The first kappa shape index (κ1) is 21.7. The molecule has 0 saturated carbocycles. The van der Waals surface area contributed by atoms with Crippen LogP contribution >= 0.6 is 0 Å². The topological polar surface area (TPSA) is 62.9 Å². The van der Waals surface area contributed by atoms with Gasteiger partial charge in [-0.2, -0.15) is 18.4 Å². The van der Waals surface area contributed by atoms with E-state index in [2.05, 4.69) is 10.3 Å². The van der Waals surface area contributed by atoms with Gasteiger partial charge in [0.2, 0.25) is 0 Å². The van der Waals surface area contributed by atoms with Crippen molar-refractivity contribution in [1.29, 1.82) is 5.26 Å². The number of hydrogen-bond acceptors (Lipinski definition) is 4. The van der Waals surface area contributed by atoms with E-state index in [9.17, 15) is 13.2 Å². The number of nitrogens with zero attached hydrogens (tertiary/aromatic N) is 3. The van der Waals surface area contributed by atoms with Gasteiger partial charge in [0.05, 0.1) is 42.3 Å². The van der Waals surface area contributed by atoms with Crippen molar-refractivity contribution in [2.45, 2.75) is 37.8 Å². The molecular formula is C24H21F3N4O. The molecular weight excluding hydrogens is 417 g/mol. The second-order valence-electron chi connectivity index (χ2n) is 7.54. The van der Waals surface area contributed by atoms with Crippen LogP contribution in [-0.4, -0.2) is 21.7 Å². The number of nitrogens with one attached hydrogen (secondary N) is 1. The van der Waals surface area contributed by atoms with Crippen molar-refractivity contribution < 1.29 is 17.9 Å². The van der Waals surface area contributed by atoms with E-state index < -0.39 is 17.3 Å². The molecule has 1 aliphatic carbocycles. The van der Waals surface area contributed by atoms with Crippen molar-refractivity contribution in [2.75, 3.05) is 5.32 Å². The molecule has 2 unspecified atom stereocenters. The van der Waals surface area contributed by atoms with E-state index in [0.717, 1.165) is 23.7 Å². The van der Waals surface area contributed by atoms with Gasteiger partial charge in [0, 0.05) is 23.8 Å². The lowest BCUT2D eigenvalue weighted by molar-refractivity contribution is -0.137. The Bertz CT molecular complexity index is 1120. The fourth-order valence-electron chi connectivity index (χ4n) is 3.77. The lowest BCUT2D eigenvalue weighted by Crippen LogP contribution is -2.37. The number of aromatic nitrogens is 2. The molecule has 164 valence electrons. The summed E-state index contributed by atoms with van der Waals surface area (Å²) in [6, 6.07) is 14.6. The minimum Gasteiger partial charge on any atom is -0.376 e. The highest BCUT2D eigenvalue weighted by atomic mass is 19.4. The third-order valence-corrected chi connectivity index (χ3v) is 5.38. The number of anilines is 1. The Hall–Kier alpha value is -3.57. The monoisotopic (exact) mass is 438 g/mol. The highest BCUT2D eigenvalue weighted by Crippen LogP contribution is 2.34. The number of nitriles is 1. The molecule has 0 bridgehead atoms. The number of hydrogen-bond donors (Lipinski definition) is 1. The summed E-state index contributed by atoms with van der Waals surface area (Å²) in [6.45, 7) is 0.402. The predicted molar refractivity (Wildman–Crippen MR) is 114 cm³/mol. The molecule has 4 rings (SSSR count). The fourth-order valence-corrected chi connectivity index (χ4v) is 3.77. The van der Waals surface area contributed by atoms with Gasteiger partial charge in [-0.3, -0.25) is 0 Å². The first-order valence-electron chi connectivity index (χ1n) is 10.2. The lowest BCUT2D eigenvalue weighted by atomic mass is 9.95. The number of halogens is 3. The minimum atomic E-state index is -4.61. The number of ether oxygens (including phenoxy) is 1. The second-order valence-corrected chi connectivity index (χ2v) is 7.54. The molecule has 32 heavy (non-hydrogen) atoms. The average Bonchev–Trinajstić information content (AvgIpc) is 3.33. The largest absolute Gasteiger partial charge is 0.417 e. The van der Waals surface area contributed by atoms with Gasteiger partial charge in [-0.05, 0) is 42.7 Å². The van der Waals surface area contributed by atoms with Gasteiger partial charge >= 0.3 is 6.18 Å². The molecule has 0 fully saturated rings. The molecule has 0 aliphatic heterocycles. The van der Waals surface area contributed by atoms with Crippen LogP contribution in [0.1, 0.15) is 29.5 Å². The summed E-state index contributed by atoms with van der Waals surface area (Å²) in [7, 11) is 0. The molecule has 0 amide bonds. The molecule has 5 nitrogen and oxygen atoms in total. The van der Waals surface area contributed by atoms with Crippen molar-refractivity contribution in [3.05, 3.63) is 90.0 Å². The van der Waals surface area contributed by atoms with Gasteiger partial charge < -0.3 is 14.6 Å². The zero-order chi connectivity index (χ0) is 22.6. The van der Waals surface area contributed by atoms with Crippen LogP contribution in [0.15, 0.2) is 73.3 Å². The Balaban J connectivity index is 1.60. The molecule has 1 aromatic heterocycles. The SMILES string of the molecule is N#Cc1ccc(NC2C=C(n3ccnc3)CCC2OCc2ccccc2)cc1C(F)(F)F. The van der Waals surface area contributed by atoms with Crippen molar-refractivity contribution in [1.82, 2.24) is 9.55 Å². The molecule has 3 aromatic rings. The normalized spacial score (nSPS) is 18.6. The quantitative estimate of drug-likeness (QED) is 0.554. The highest BCUT2D eigenvalue weighted by molar-refractivity contribution is 5.57. The maximum atomic E-state index is 13.4. The molecule has 2 aromatic carbocycles. The van der Waals surface area contributed by atoms with Gasteiger partial charge in [0.25, 0.3) is 0 Å². The van der Waals surface area contributed by atoms with E-state index in [1.54, 1.807) is 18.6 Å². The van der Waals surface area contributed by atoms with Crippen molar-refractivity contribution in [3.63, 3.8) is 0 Å². The summed E-state index contributed by atoms with van der Waals surface area (Å²) in [4.78, 5) is 4.07. The maximum Gasteiger partial charge on any atom is 0.417 e. The van der Waals surface area contributed by atoms with Crippen LogP contribution in [0.3, 0.4) is 0 Å². The summed E-state index contributed by atoms with van der Waals surface area (Å²) in [5.41, 5.74) is 0.926. The zero-order valence-corrected chi connectivity index (χ0v) is 17.1. The third kappa shape index (κ3) is 5.01. The Morgan fingerprint density at radius 2 is 2.00 bits per heavy atom. The fraction of sp³-hybridized carbons (Fsp3) is 0.250. The van der Waals surface area contributed by atoms with Crippen LogP contribution in [0.2, 0.25) is 0 Å². The van der Waals surface area contributed by atoms with E-state index >= 15 is 0 Å². The first-order valence-corrected chi connectivity index (χ1v) is 10.2. The molecule has 8 heteroatoms. The van der Waals surface area contributed by atoms with Crippen molar-refractivity contribution >= 4 is 11.4 Å². The van der Waals surface area contributed by atoms with E-state index in [0.29, 0.717) is 13.0 Å². The Kier molecular flexibility index (Phi) is 6.28. The van der Waals surface area contributed by atoms with Gasteiger partial charge in [-0.25, -0.2) is 4.98 Å². The lowest BCUT2D eigenvalue weighted by Gasteiger charge is -2.32. The van der Waals surface area contributed by atoms with Gasteiger partial charge in [0.1, 0.15) is 0 Å². The summed E-state index contributed by atoms with van der Waals surface area (Å²) < 4.78 is 48.2. The number of alkyl halides is 3. The molecule has 2 atom stereocenters. The van der Waals surface area contributed by atoms with Crippen LogP contribution in [0.4, 0.5) is 18.9 Å². The summed E-state index contributed by atoms with van der Waals surface area (Å²) in [5.74, 6) is 0.